The van der Waals surface area contributed by atoms with Crippen molar-refractivity contribution in [2.45, 2.75) is 31.9 Å². The second kappa shape index (κ2) is 5.15. The molecule has 1 saturated carbocycles. The van der Waals surface area contributed by atoms with Crippen LogP contribution in [-0.2, 0) is 4.74 Å². The van der Waals surface area contributed by atoms with Crippen molar-refractivity contribution in [2.24, 2.45) is 5.92 Å². The molecule has 0 heterocycles. The van der Waals surface area contributed by atoms with Crippen molar-refractivity contribution in [1.29, 1.82) is 0 Å². The summed E-state index contributed by atoms with van der Waals surface area (Å²) in [5, 5.41) is 3.30. The summed E-state index contributed by atoms with van der Waals surface area (Å²) in [4.78, 5) is 0. The van der Waals surface area contributed by atoms with E-state index < -0.39 is 0 Å². The molecular formula is C14H20FNO. The Morgan fingerprint density at radius 3 is 2.59 bits per heavy atom. The van der Waals surface area contributed by atoms with Gasteiger partial charge < -0.3 is 10.1 Å². The molecule has 0 bridgehead atoms. The van der Waals surface area contributed by atoms with E-state index in [2.05, 4.69) is 5.32 Å². The number of benzene rings is 1. The number of halogens is 1. The van der Waals surface area contributed by atoms with Gasteiger partial charge in [-0.25, -0.2) is 4.39 Å². The standard InChI is InChI=1S/C14H20FNO/c1-9-8-11(15)6-7-12(9)13(16-2)14(17-3)10-4-5-10/h6-8,10,13-14,16H,4-5H2,1-3H3. The molecule has 0 aromatic heterocycles. The Hall–Kier alpha value is -0.930. The van der Waals surface area contributed by atoms with E-state index >= 15 is 0 Å². The van der Waals surface area contributed by atoms with E-state index in [0.717, 1.165) is 11.1 Å². The minimum Gasteiger partial charge on any atom is -0.379 e. The van der Waals surface area contributed by atoms with E-state index in [1.807, 2.05) is 20.0 Å². The number of aryl methyl sites for hydroxylation is 1. The largest absolute Gasteiger partial charge is 0.379 e. The molecule has 0 aliphatic heterocycles. The van der Waals surface area contributed by atoms with Gasteiger partial charge in [0, 0.05) is 7.11 Å². The monoisotopic (exact) mass is 237 g/mol. The Bertz CT molecular complexity index is 390. The molecule has 2 nitrogen and oxygen atoms in total. The van der Waals surface area contributed by atoms with Gasteiger partial charge >= 0.3 is 0 Å². The van der Waals surface area contributed by atoms with Crippen LogP contribution in [0.5, 0.6) is 0 Å². The zero-order valence-electron chi connectivity index (χ0n) is 10.7. The fraction of sp³-hybridized carbons (Fsp3) is 0.571. The second-order valence-electron chi connectivity index (χ2n) is 4.81. The van der Waals surface area contributed by atoms with Crippen molar-refractivity contribution in [1.82, 2.24) is 5.32 Å². The number of hydrogen-bond donors (Lipinski definition) is 1. The summed E-state index contributed by atoms with van der Waals surface area (Å²) >= 11 is 0. The average Bonchev–Trinajstić information content (AvgIpc) is 3.11. The van der Waals surface area contributed by atoms with Gasteiger partial charge in [0.25, 0.3) is 0 Å². The molecule has 0 amide bonds. The van der Waals surface area contributed by atoms with Crippen LogP contribution >= 0.6 is 0 Å². The predicted molar refractivity (Wildman–Crippen MR) is 66.5 cm³/mol. The predicted octanol–water partition coefficient (Wildman–Crippen LogP) is 2.82. The molecule has 1 aliphatic rings. The lowest BCUT2D eigenvalue weighted by atomic mass is 9.94. The fourth-order valence-electron chi connectivity index (χ4n) is 2.51. The van der Waals surface area contributed by atoms with Gasteiger partial charge in [0.1, 0.15) is 5.82 Å². The summed E-state index contributed by atoms with van der Waals surface area (Å²) in [6, 6.07) is 5.11. The van der Waals surface area contributed by atoms with Gasteiger partial charge in [-0.3, -0.25) is 0 Å². The molecule has 1 aromatic rings. The van der Waals surface area contributed by atoms with Crippen LogP contribution in [0.3, 0.4) is 0 Å². The number of methoxy groups -OCH3 is 1. The number of nitrogens with one attached hydrogen (secondary N) is 1. The maximum Gasteiger partial charge on any atom is 0.123 e. The van der Waals surface area contributed by atoms with Crippen molar-refractivity contribution in [3.05, 3.63) is 35.1 Å². The molecule has 3 heteroatoms. The van der Waals surface area contributed by atoms with Crippen molar-refractivity contribution in [2.75, 3.05) is 14.2 Å². The van der Waals surface area contributed by atoms with Gasteiger partial charge in [-0.1, -0.05) is 6.07 Å². The maximum atomic E-state index is 13.1. The van der Waals surface area contributed by atoms with Gasteiger partial charge in [0.05, 0.1) is 12.1 Å². The minimum absolute atomic E-state index is 0.146. The third kappa shape index (κ3) is 2.67. The molecule has 1 aliphatic carbocycles. The van der Waals surface area contributed by atoms with Crippen LogP contribution in [0.4, 0.5) is 4.39 Å². The summed E-state index contributed by atoms with van der Waals surface area (Å²) in [5.41, 5.74) is 2.11. The van der Waals surface area contributed by atoms with Crippen LogP contribution in [0.2, 0.25) is 0 Å². The minimum atomic E-state index is -0.179. The lowest BCUT2D eigenvalue weighted by Crippen LogP contribution is -2.33. The van der Waals surface area contributed by atoms with E-state index in [0.29, 0.717) is 5.92 Å². The molecule has 2 unspecified atom stereocenters. The molecule has 1 aromatic carbocycles. The first-order valence-electron chi connectivity index (χ1n) is 6.13. The van der Waals surface area contributed by atoms with E-state index in [4.69, 9.17) is 4.74 Å². The van der Waals surface area contributed by atoms with Crippen LogP contribution in [0.1, 0.15) is 30.0 Å². The molecule has 17 heavy (non-hydrogen) atoms. The Labute approximate surface area is 102 Å². The molecular weight excluding hydrogens is 217 g/mol. The third-order valence-electron chi connectivity index (χ3n) is 3.57. The molecule has 2 rings (SSSR count). The molecule has 1 N–H and O–H groups in total. The summed E-state index contributed by atoms with van der Waals surface area (Å²) in [6.45, 7) is 1.95. The van der Waals surface area contributed by atoms with E-state index in [-0.39, 0.29) is 18.0 Å². The fourth-order valence-corrected chi connectivity index (χ4v) is 2.51. The lowest BCUT2D eigenvalue weighted by molar-refractivity contribution is 0.0528. The lowest BCUT2D eigenvalue weighted by Gasteiger charge is -2.27. The summed E-state index contributed by atoms with van der Waals surface area (Å²) < 4.78 is 18.7. The first-order chi connectivity index (χ1) is 8.17. The first-order valence-corrected chi connectivity index (χ1v) is 6.13. The van der Waals surface area contributed by atoms with E-state index in [1.165, 1.54) is 18.9 Å². The zero-order valence-corrected chi connectivity index (χ0v) is 10.7. The summed E-state index contributed by atoms with van der Waals surface area (Å²) in [6.07, 6.45) is 2.65. The van der Waals surface area contributed by atoms with Gasteiger partial charge in [0.15, 0.2) is 0 Å². The van der Waals surface area contributed by atoms with Crippen LogP contribution in [-0.4, -0.2) is 20.3 Å². The molecule has 0 saturated heterocycles. The molecule has 0 spiro atoms. The highest BCUT2D eigenvalue weighted by atomic mass is 19.1. The maximum absolute atomic E-state index is 13.1. The zero-order chi connectivity index (χ0) is 12.4. The van der Waals surface area contributed by atoms with Gasteiger partial charge in [-0.2, -0.15) is 0 Å². The van der Waals surface area contributed by atoms with E-state index in [1.54, 1.807) is 13.2 Å². The Balaban J connectivity index is 2.26. The van der Waals surface area contributed by atoms with E-state index in [9.17, 15) is 4.39 Å². The van der Waals surface area contributed by atoms with Crippen molar-refractivity contribution in [3.8, 4) is 0 Å². The smallest absolute Gasteiger partial charge is 0.123 e. The first kappa shape index (κ1) is 12.5. The Kier molecular flexibility index (Phi) is 3.79. The highest BCUT2D eigenvalue weighted by Gasteiger charge is 2.37. The van der Waals surface area contributed by atoms with Crippen molar-refractivity contribution in [3.63, 3.8) is 0 Å². The summed E-state index contributed by atoms with van der Waals surface area (Å²) in [7, 11) is 3.69. The SMILES string of the molecule is CNC(c1ccc(F)cc1C)C(OC)C1CC1. The van der Waals surface area contributed by atoms with Gasteiger partial charge in [0.2, 0.25) is 0 Å². The molecule has 1 fully saturated rings. The average molecular weight is 237 g/mol. The highest BCUT2D eigenvalue weighted by molar-refractivity contribution is 5.30. The molecule has 2 atom stereocenters. The van der Waals surface area contributed by atoms with Crippen LogP contribution in [0.15, 0.2) is 18.2 Å². The molecule has 94 valence electrons. The number of ether oxygens (including phenoxy) is 1. The van der Waals surface area contributed by atoms with Crippen LogP contribution in [0.25, 0.3) is 0 Å². The number of hydrogen-bond acceptors (Lipinski definition) is 2. The number of rotatable bonds is 5. The third-order valence-corrected chi connectivity index (χ3v) is 3.57. The van der Waals surface area contributed by atoms with Gasteiger partial charge in [-0.15, -0.1) is 0 Å². The van der Waals surface area contributed by atoms with Crippen molar-refractivity contribution >= 4 is 0 Å². The molecule has 0 radical (unpaired) electrons. The summed E-state index contributed by atoms with van der Waals surface area (Å²) in [5.74, 6) is 0.461. The van der Waals surface area contributed by atoms with Gasteiger partial charge in [-0.05, 0) is 56.0 Å². The van der Waals surface area contributed by atoms with Crippen LogP contribution in [0, 0.1) is 18.7 Å². The Morgan fingerprint density at radius 1 is 1.41 bits per heavy atom. The highest BCUT2D eigenvalue weighted by Crippen LogP contribution is 2.40. The van der Waals surface area contributed by atoms with Crippen LogP contribution < -0.4 is 5.32 Å². The number of likely N-dealkylation sites (N-methyl/N-ethyl adjacent to an activating group) is 1. The second-order valence-corrected chi connectivity index (χ2v) is 4.81. The topological polar surface area (TPSA) is 21.3 Å². The quantitative estimate of drug-likeness (QED) is 0.850. The Morgan fingerprint density at radius 2 is 2.12 bits per heavy atom. The normalized spacial score (nSPS) is 19.1. The van der Waals surface area contributed by atoms with Crippen molar-refractivity contribution < 1.29 is 9.13 Å².